The van der Waals surface area contributed by atoms with Crippen LogP contribution in [0.2, 0.25) is 0 Å². The van der Waals surface area contributed by atoms with Gasteiger partial charge in [-0.25, -0.2) is 14.2 Å². The van der Waals surface area contributed by atoms with Gasteiger partial charge in [-0.1, -0.05) is 24.3 Å². The van der Waals surface area contributed by atoms with Gasteiger partial charge in [0.25, 0.3) is 6.33 Å². The number of hydrogen-bond donors (Lipinski definition) is 0. The van der Waals surface area contributed by atoms with Crippen LogP contribution < -0.4 is 4.57 Å². The lowest BCUT2D eigenvalue weighted by Gasteiger charge is -2.03. The fourth-order valence-electron chi connectivity index (χ4n) is 2.06. The maximum atomic E-state index is 11.4. The smallest absolute Gasteiger partial charge is 0.330 e. The number of hydrogen-bond acceptors (Lipinski definition) is 3. The number of carbonyl (C=O) groups is 2. The predicted molar refractivity (Wildman–Crippen MR) is 82.1 cm³/mol. The van der Waals surface area contributed by atoms with E-state index >= 15 is 0 Å². The molecule has 0 atom stereocenters. The van der Waals surface area contributed by atoms with Crippen LogP contribution in [-0.2, 0) is 16.1 Å². The fraction of sp³-hybridized carbons (Fsp3) is 0.235. The van der Waals surface area contributed by atoms with Crippen molar-refractivity contribution in [2.75, 3.05) is 6.61 Å². The van der Waals surface area contributed by atoms with Crippen LogP contribution in [0.25, 0.3) is 6.08 Å². The SMILES string of the molecule is CCOC(=O)/C=C/c1ccccc1C[n+]1ccn(C(C)=O)c1. The Morgan fingerprint density at radius 1 is 1.32 bits per heavy atom. The monoisotopic (exact) mass is 299 g/mol. The molecule has 5 nitrogen and oxygen atoms in total. The Hall–Kier alpha value is -2.69. The van der Waals surface area contributed by atoms with Gasteiger partial charge in [0.05, 0.1) is 6.61 Å². The van der Waals surface area contributed by atoms with E-state index < -0.39 is 0 Å². The second kappa shape index (κ2) is 7.36. The Bertz CT molecular complexity index is 701. The lowest BCUT2D eigenvalue weighted by molar-refractivity contribution is -0.687. The number of nitrogens with zero attached hydrogens (tertiary/aromatic N) is 2. The standard InChI is InChI=1S/C17H19N2O3/c1-3-22-17(21)9-8-15-6-4-5-7-16(15)12-18-10-11-19(13-18)14(2)20/h4-11,13H,3,12H2,1-2H3/q+1/b9-8+. The molecule has 2 aromatic rings. The lowest BCUT2D eigenvalue weighted by Crippen LogP contribution is -2.32. The topological polar surface area (TPSA) is 52.2 Å². The molecule has 5 heteroatoms. The summed E-state index contributed by atoms with van der Waals surface area (Å²) in [6.07, 6.45) is 8.48. The highest BCUT2D eigenvalue weighted by Crippen LogP contribution is 2.10. The third-order valence-corrected chi connectivity index (χ3v) is 3.15. The Labute approximate surface area is 129 Å². The number of ether oxygens (including phenoxy) is 1. The maximum Gasteiger partial charge on any atom is 0.330 e. The molecule has 0 N–H and O–H groups in total. The van der Waals surface area contributed by atoms with Crippen molar-refractivity contribution in [1.29, 1.82) is 0 Å². The molecular weight excluding hydrogens is 280 g/mol. The molecule has 0 spiro atoms. The maximum absolute atomic E-state index is 11.4. The lowest BCUT2D eigenvalue weighted by atomic mass is 10.1. The van der Waals surface area contributed by atoms with E-state index in [-0.39, 0.29) is 11.9 Å². The average Bonchev–Trinajstić information content (AvgIpc) is 2.95. The number of esters is 1. The van der Waals surface area contributed by atoms with E-state index in [9.17, 15) is 9.59 Å². The van der Waals surface area contributed by atoms with E-state index in [0.717, 1.165) is 11.1 Å². The molecule has 0 unspecified atom stereocenters. The molecule has 114 valence electrons. The van der Waals surface area contributed by atoms with Gasteiger partial charge < -0.3 is 4.74 Å². The van der Waals surface area contributed by atoms with Crippen molar-refractivity contribution in [1.82, 2.24) is 4.57 Å². The number of rotatable bonds is 5. The molecule has 0 saturated heterocycles. The summed E-state index contributed by atoms with van der Waals surface area (Å²) in [7, 11) is 0. The number of imidazole rings is 1. The quantitative estimate of drug-likeness (QED) is 0.482. The molecule has 2 rings (SSSR count). The van der Waals surface area contributed by atoms with Gasteiger partial charge in [-0.2, -0.15) is 4.57 Å². The number of benzene rings is 1. The summed E-state index contributed by atoms with van der Waals surface area (Å²) in [4.78, 5) is 22.7. The van der Waals surface area contributed by atoms with Crippen LogP contribution in [0.4, 0.5) is 0 Å². The fourth-order valence-corrected chi connectivity index (χ4v) is 2.06. The molecule has 1 heterocycles. The second-order valence-corrected chi connectivity index (χ2v) is 4.80. The first-order valence-electron chi connectivity index (χ1n) is 7.11. The Morgan fingerprint density at radius 3 is 2.77 bits per heavy atom. The summed E-state index contributed by atoms with van der Waals surface area (Å²) in [5.74, 6) is -0.387. The first-order chi connectivity index (χ1) is 10.6. The zero-order chi connectivity index (χ0) is 15.9. The summed E-state index contributed by atoms with van der Waals surface area (Å²) in [6, 6.07) is 7.79. The third kappa shape index (κ3) is 4.15. The largest absolute Gasteiger partial charge is 0.463 e. The first kappa shape index (κ1) is 15.7. The van der Waals surface area contributed by atoms with Gasteiger partial charge in [-0.05, 0) is 18.6 Å². The minimum atomic E-state index is -0.354. The molecular formula is C17H19N2O3+. The van der Waals surface area contributed by atoms with Gasteiger partial charge in [0.2, 0.25) is 0 Å². The van der Waals surface area contributed by atoms with E-state index in [1.54, 1.807) is 25.5 Å². The molecule has 0 radical (unpaired) electrons. The highest BCUT2D eigenvalue weighted by atomic mass is 16.5. The van der Waals surface area contributed by atoms with Crippen molar-refractivity contribution >= 4 is 18.0 Å². The van der Waals surface area contributed by atoms with Crippen LogP contribution in [0.1, 0.15) is 29.8 Å². The van der Waals surface area contributed by atoms with Crippen molar-refractivity contribution in [2.24, 2.45) is 0 Å². The molecule has 0 aliphatic carbocycles. The van der Waals surface area contributed by atoms with E-state index in [2.05, 4.69) is 0 Å². The van der Waals surface area contributed by atoms with Crippen molar-refractivity contribution in [3.63, 3.8) is 0 Å². The number of carbonyl (C=O) groups excluding carboxylic acids is 2. The van der Waals surface area contributed by atoms with Gasteiger partial charge in [0.15, 0.2) is 0 Å². The van der Waals surface area contributed by atoms with Gasteiger partial charge >= 0.3 is 11.9 Å². The summed E-state index contributed by atoms with van der Waals surface area (Å²) < 4.78 is 8.32. The van der Waals surface area contributed by atoms with Crippen LogP contribution in [0, 0.1) is 0 Å². The van der Waals surface area contributed by atoms with Crippen molar-refractivity contribution in [3.8, 4) is 0 Å². The molecule has 0 saturated carbocycles. The zero-order valence-corrected chi connectivity index (χ0v) is 12.7. The highest BCUT2D eigenvalue weighted by molar-refractivity contribution is 5.87. The van der Waals surface area contributed by atoms with Crippen molar-refractivity contribution in [2.45, 2.75) is 20.4 Å². The van der Waals surface area contributed by atoms with E-state index in [1.165, 1.54) is 17.6 Å². The Morgan fingerprint density at radius 2 is 2.09 bits per heavy atom. The van der Waals surface area contributed by atoms with E-state index in [0.29, 0.717) is 13.2 Å². The number of aromatic nitrogens is 2. The van der Waals surface area contributed by atoms with Crippen LogP contribution in [0.15, 0.2) is 49.1 Å². The molecule has 0 aliphatic rings. The zero-order valence-electron chi connectivity index (χ0n) is 12.7. The van der Waals surface area contributed by atoms with Crippen LogP contribution in [-0.4, -0.2) is 23.1 Å². The summed E-state index contributed by atoms with van der Waals surface area (Å²) in [5, 5.41) is 0. The molecule has 22 heavy (non-hydrogen) atoms. The molecule has 0 bridgehead atoms. The van der Waals surface area contributed by atoms with Gasteiger partial charge in [0, 0.05) is 18.6 Å². The average molecular weight is 299 g/mol. The molecule has 0 fully saturated rings. The normalized spacial score (nSPS) is 10.8. The summed E-state index contributed by atoms with van der Waals surface area (Å²) in [5.41, 5.74) is 1.99. The van der Waals surface area contributed by atoms with Crippen LogP contribution in [0.3, 0.4) is 0 Å². The van der Waals surface area contributed by atoms with Crippen molar-refractivity contribution in [3.05, 3.63) is 60.2 Å². The van der Waals surface area contributed by atoms with Gasteiger partial charge in [0.1, 0.15) is 18.9 Å². The molecule has 1 aromatic carbocycles. The Balaban J connectivity index is 2.17. The summed E-state index contributed by atoms with van der Waals surface area (Å²) in [6.45, 7) is 4.26. The van der Waals surface area contributed by atoms with E-state index in [4.69, 9.17) is 4.74 Å². The Kier molecular flexibility index (Phi) is 5.25. The highest BCUT2D eigenvalue weighted by Gasteiger charge is 2.09. The minimum absolute atomic E-state index is 0.0331. The predicted octanol–water partition coefficient (Wildman–Crippen LogP) is 2.06. The summed E-state index contributed by atoms with van der Waals surface area (Å²) >= 11 is 0. The molecule has 0 aliphatic heterocycles. The molecule has 1 aromatic heterocycles. The minimum Gasteiger partial charge on any atom is -0.463 e. The third-order valence-electron chi connectivity index (χ3n) is 3.15. The second-order valence-electron chi connectivity index (χ2n) is 4.80. The van der Waals surface area contributed by atoms with Crippen LogP contribution >= 0.6 is 0 Å². The van der Waals surface area contributed by atoms with E-state index in [1.807, 2.05) is 35.0 Å². The first-order valence-corrected chi connectivity index (χ1v) is 7.11. The van der Waals surface area contributed by atoms with Gasteiger partial charge in [-0.15, -0.1) is 0 Å². The van der Waals surface area contributed by atoms with Crippen LogP contribution in [0.5, 0.6) is 0 Å². The molecule has 0 amide bonds. The van der Waals surface area contributed by atoms with Crippen molar-refractivity contribution < 1.29 is 18.9 Å². The van der Waals surface area contributed by atoms with Gasteiger partial charge in [-0.3, -0.25) is 0 Å².